The predicted octanol–water partition coefficient (Wildman–Crippen LogP) is 4.87. The van der Waals surface area contributed by atoms with Gasteiger partial charge in [0.05, 0.1) is 18.3 Å². The fraction of sp³-hybridized carbons (Fsp3) is 0.0400. The molecule has 0 saturated carbocycles. The van der Waals surface area contributed by atoms with E-state index < -0.39 is 17.8 Å². The summed E-state index contributed by atoms with van der Waals surface area (Å²) < 4.78 is 11.4. The number of anilines is 1. The number of ether oxygens (including phenoxy) is 2. The molecule has 0 aliphatic heterocycles. The SMILES string of the molecule is COc1cccc(NC(=O)C(=O)N/N=C/c2ccc(OC(=O)c3sc4ccccc4c3Cl)cc2)c1. The largest absolute Gasteiger partial charge is 0.497 e. The Kier molecular flexibility index (Phi) is 7.39. The summed E-state index contributed by atoms with van der Waals surface area (Å²) >= 11 is 7.60. The lowest BCUT2D eigenvalue weighted by Crippen LogP contribution is -2.32. The van der Waals surface area contributed by atoms with Gasteiger partial charge in [-0.15, -0.1) is 11.3 Å². The quantitative estimate of drug-likeness (QED) is 0.127. The van der Waals surface area contributed by atoms with E-state index in [2.05, 4.69) is 15.8 Å². The molecule has 0 bridgehead atoms. The van der Waals surface area contributed by atoms with Gasteiger partial charge in [-0.25, -0.2) is 10.2 Å². The summed E-state index contributed by atoms with van der Waals surface area (Å²) in [5.74, 6) is -1.50. The summed E-state index contributed by atoms with van der Waals surface area (Å²) in [4.78, 5) is 36.8. The number of nitrogens with one attached hydrogen (secondary N) is 2. The molecule has 1 heterocycles. The highest BCUT2D eigenvalue weighted by Crippen LogP contribution is 2.35. The number of fused-ring (bicyclic) bond motifs is 1. The number of carbonyl (C=O) groups excluding carboxylic acids is 3. The van der Waals surface area contributed by atoms with Gasteiger partial charge in [0.25, 0.3) is 0 Å². The normalized spacial score (nSPS) is 10.8. The lowest BCUT2D eigenvalue weighted by Gasteiger charge is -2.06. The number of benzene rings is 3. The van der Waals surface area contributed by atoms with Gasteiger partial charge >= 0.3 is 17.8 Å². The van der Waals surface area contributed by atoms with Crippen LogP contribution in [-0.2, 0) is 9.59 Å². The molecule has 2 amide bonds. The number of hydrogen-bond acceptors (Lipinski definition) is 7. The number of carbonyl (C=O) groups is 3. The number of hydrazone groups is 1. The van der Waals surface area contributed by atoms with Gasteiger partial charge in [0, 0.05) is 21.8 Å². The molecule has 0 aliphatic carbocycles. The standard InChI is InChI=1S/C25H18ClN3O5S/c1-33-18-6-4-5-16(13-18)28-23(30)24(31)29-27-14-15-9-11-17(12-10-15)34-25(32)22-21(26)19-7-2-3-8-20(19)35-22/h2-14H,1H3,(H,28,30)(H,29,31)/b27-14+. The van der Waals surface area contributed by atoms with E-state index in [1.807, 2.05) is 24.3 Å². The summed E-state index contributed by atoms with van der Waals surface area (Å²) in [6.07, 6.45) is 1.35. The first kappa shape index (κ1) is 23.9. The van der Waals surface area contributed by atoms with Crippen LogP contribution in [0.2, 0.25) is 5.02 Å². The molecule has 1 aromatic heterocycles. The van der Waals surface area contributed by atoms with E-state index in [9.17, 15) is 14.4 Å². The van der Waals surface area contributed by atoms with Crippen molar-refractivity contribution in [3.05, 3.63) is 88.3 Å². The molecule has 0 aliphatic rings. The highest BCUT2D eigenvalue weighted by molar-refractivity contribution is 7.21. The zero-order valence-corrected chi connectivity index (χ0v) is 19.9. The van der Waals surface area contributed by atoms with Gasteiger partial charge in [-0.05, 0) is 48.0 Å². The van der Waals surface area contributed by atoms with Crippen molar-refractivity contribution in [3.8, 4) is 11.5 Å². The molecule has 176 valence electrons. The Morgan fingerprint density at radius 3 is 2.46 bits per heavy atom. The second-order valence-corrected chi connectivity index (χ2v) is 8.52. The second-order valence-electron chi connectivity index (χ2n) is 7.09. The van der Waals surface area contributed by atoms with Crippen molar-refractivity contribution in [3.63, 3.8) is 0 Å². The molecular formula is C25H18ClN3O5S. The Morgan fingerprint density at radius 1 is 0.943 bits per heavy atom. The Morgan fingerprint density at radius 2 is 1.71 bits per heavy atom. The average molecular weight is 508 g/mol. The summed E-state index contributed by atoms with van der Waals surface area (Å²) in [5.41, 5.74) is 3.18. The number of methoxy groups -OCH3 is 1. The van der Waals surface area contributed by atoms with Crippen LogP contribution in [0.3, 0.4) is 0 Å². The van der Waals surface area contributed by atoms with Crippen molar-refractivity contribution in [1.29, 1.82) is 0 Å². The third-order valence-electron chi connectivity index (χ3n) is 4.72. The van der Waals surface area contributed by atoms with Crippen LogP contribution in [0.1, 0.15) is 15.2 Å². The topological polar surface area (TPSA) is 106 Å². The molecule has 0 unspecified atom stereocenters. The van der Waals surface area contributed by atoms with Crippen molar-refractivity contribution >= 4 is 62.7 Å². The molecule has 0 fully saturated rings. The van der Waals surface area contributed by atoms with Crippen LogP contribution in [0.15, 0.2) is 77.9 Å². The second kappa shape index (κ2) is 10.8. The van der Waals surface area contributed by atoms with Gasteiger partial charge in [-0.2, -0.15) is 5.10 Å². The molecule has 2 N–H and O–H groups in total. The number of esters is 1. The summed E-state index contributed by atoms with van der Waals surface area (Å²) in [6, 6.07) is 20.5. The maximum absolute atomic E-state index is 12.6. The molecule has 8 nitrogen and oxygen atoms in total. The minimum absolute atomic E-state index is 0.322. The van der Waals surface area contributed by atoms with Crippen LogP contribution in [0.25, 0.3) is 10.1 Å². The maximum atomic E-state index is 12.6. The molecule has 0 saturated heterocycles. The number of nitrogens with zero attached hydrogens (tertiary/aromatic N) is 1. The third-order valence-corrected chi connectivity index (χ3v) is 6.38. The summed E-state index contributed by atoms with van der Waals surface area (Å²) in [5, 5.41) is 7.40. The van der Waals surface area contributed by atoms with Crippen molar-refractivity contribution in [1.82, 2.24) is 5.43 Å². The molecule has 4 aromatic rings. The highest BCUT2D eigenvalue weighted by Gasteiger charge is 2.19. The summed E-state index contributed by atoms with van der Waals surface area (Å²) in [7, 11) is 1.50. The van der Waals surface area contributed by atoms with Crippen LogP contribution in [0.5, 0.6) is 11.5 Å². The first-order chi connectivity index (χ1) is 16.9. The van der Waals surface area contributed by atoms with Crippen LogP contribution in [-0.4, -0.2) is 31.1 Å². The van der Waals surface area contributed by atoms with Crippen LogP contribution in [0.4, 0.5) is 5.69 Å². The van der Waals surface area contributed by atoms with Gasteiger partial charge < -0.3 is 14.8 Å². The van der Waals surface area contributed by atoms with Crippen LogP contribution >= 0.6 is 22.9 Å². The van der Waals surface area contributed by atoms with Gasteiger partial charge in [-0.1, -0.05) is 35.9 Å². The van der Waals surface area contributed by atoms with E-state index in [4.69, 9.17) is 21.1 Å². The van der Waals surface area contributed by atoms with Gasteiger partial charge in [-0.3, -0.25) is 9.59 Å². The molecule has 3 aromatic carbocycles. The van der Waals surface area contributed by atoms with Crippen LogP contribution < -0.4 is 20.2 Å². The molecule has 35 heavy (non-hydrogen) atoms. The highest BCUT2D eigenvalue weighted by atomic mass is 35.5. The van der Waals surface area contributed by atoms with Crippen LogP contribution in [0, 0.1) is 0 Å². The fourth-order valence-corrected chi connectivity index (χ4v) is 4.41. The number of hydrogen-bond donors (Lipinski definition) is 2. The molecular weight excluding hydrogens is 490 g/mol. The molecule has 0 spiro atoms. The smallest absolute Gasteiger partial charge is 0.355 e. The van der Waals surface area contributed by atoms with E-state index in [0.717, 1.165) is 10.1 Å². The van der Waals surface area contributed by atoms with E-state index in [-0.39, 0.29) is 0 Å². The number of thiophene rings is 1. The Hall–Kier alpha value is -4.21. The van der Waals surface area contributed by atoms with E-state index in [1.54, 1.807) is 48.5 Å². The molecule has 0 atom stereocenters. The maximum Gasteiger partial charge on any atom is 0.355 e. The number of amides is 2. The third kappa shape index (κ3) is 5.84. The van der Waals surface area contributed by atoms with E-state index in [1.165, 1.54) is 24.7 Å². The van der Waals surface area contributed by atoms with Crippen molar-refractivity contribution in [2.45, 2.75) is 0 Å². The van der Waals surface area contributed by atoms with Crippen molar-refractivity contribution < 1.29 is 23.9 Å². The molecule has 10 heteroatoms. The van der Waals surface area contributed by atoms with Gasteiger partial charge in [0.1, 0.15) is 16.4 Å². The predicted molar refractivity (Wildman–Crippen MR) is 136 cm³/mol. The lowest BCUT2D eigenvalue weighted by molar-refractivity contribution is -0.136. The number of halogens is 1. The average Bonchev–Trinajstić information content (AvgIpc) is 3.21. The molecule has 4 rings (SSSR count). The van der Waals surface area contributed by atoms with Gasteiger partial charge in [0.2, 0.25) is 0 Å². The van der Waals surface area contributed by atoms with E-state index >= 15 is 0 Å². The zero-order valence-electron chi connectivity index (χ0n) is 18.3. The first-order valence-electron chi connectivity index (χ1n) is 10.2. The minimum Gasteiger partial charge on any atom is -0.497 e. The summed E-state index contributed by atoms with van der Waals surface area (Å²) in [6.45, 7) is 0. The lowest BCUT2D eigenvalue weighted by atomic mass is 10.2. The van der Waals surface area contributed by atoms with E-state index in [0.29, 0.717) is 32.6 Å². The fourth-order valence-electron chi connectivity index (χ4n) is 3.03. The minimum atomic E-state index is -0.935. The number of rotatable bonds is 6. The monoisotopic (exact) mass is 507 g/mol. The molecule has 0 radical (unpaired) electrons. The zero-order chi connectivity index (χ0) is 24.8. The Balaban J connectivity index is 1.31. The van der Waals surface area contributed by atoms with Crippen molar-refractivity contribution in [2.75, 3.05) is 12.4 Å². The first-order valence-corrected chi connectivity index (χ1v) is 11.4. The van der Waals surface area contributed by atoms with Gasteiger partial charge in [0.15, 0.2) is 0 Å². The Bertz CT molecular complexity index is 1430. The van der Waals surface area contributed by atoms with Crippen molar-refractivity contribution in [2.24, 2.45) is 5.10 Å². The Labute approximate surface area is 209 Å².